The maximum atomic E-state index is 14.6. The molecule has 606 valence electrons. The van der Waals surface area contributed by atoms with Gasteiger partial charge >= 0.3 is 41.7 Å². The zero-order chi connectivity index (χ0) is 80.8. The average molecular weight is 1580 g/mol. The summed E-state index contributed by atoms with van der Waals surface area (Å²) in [6.07, 6.45) is 5.43. The number of unbranched alkanes of at least 4 members (excludes halogenated alkanes) is 1. The van der Waals surface area contributed by atoms with E-state index in [0.717, 1.165) is 101 Å². The van der Waals surface area contributed by atoms with Crippen molar-refractivity contribution in [2.45, 2.75) is 184 Å². The molecular weight excluding hydrogens is 1470 g/mol. The Labute approximate surface area is 677 Å². The molecule has 10 aromatic rings. The van der Waals surface area contributed by atoms with Gasteiger partial charge in [-0.3, -0.25) is 42.7 Å². The number of imidazole rings is 2. The first-order valence-electron chi connectivity index (χ1n) is 40.5. The second kappa shape index (κ2) is 40.4. The molecule has 0 aliphatic carbocycles. The Morgan fingerprint density at radius 2 is 0.878 bits per heavy atom. The van der Waals surface area contributed by atoms with Gasteiger partial charge in [0, 0.05) is 107 Å². The molecule has 0 bridgehead atoms. The molecule has 4 aliphatic heterocycles. The zero-order valence-electron chi connectivity index (χ0n) is 66.1. The van der Waals surface area contributed by atoms with Crippen LogP contribution < -0.4 is 33.1 Å². The highest BCUT2D eigenvalue weighted by atomic mass is 32.2. The fourth-order valence-electron chi connectivity index (χ4n) is 17.4. The Morgan fingerprint density at radius 1 is 0.496 bits per heavy atom. The molecule has 8 aromatic carbocycles. The highest BCUT2D eigenvalue weighted by Gasteiger charge is 2.48. The standard InChI is InChI=1S/C43H51N5O5.C38H43N5O3.C10H16N2O3S/c1-43(2,3)53-40(49)44-27-29-46-37-24-13-14-25-38(37)48(41(46)50)36-26-28-47(42(51)52)39(35(36)23-15-22-32-16-7-4-8-17-32)45(30-33-18-9-5-10-19-33)31-34-20-11-6-12-21-34;39-24-26-41-34-21-10-11-22-35(34)43(37(41)44)33-23-25-42(38(45)46)36(32(33)20-12-19-29-13-4-1-5-14-29)40(27-30-15-6-2-7-16-30)28-31-17-8-3-9-18-31;13-8(14)4-2-1-3-7-9-6(5-16-7)11-10(15)12-9/h4-14,16-21,24-25,35-36,39H,15,22-23,26-31H2,1-3H3,(H,44,49)(H,51,52);1-11,13-18,21-22,32-33,36H,12,19-20,23-28,39H2,(H,45,46);6-7,9H,1-5H2,(H,13,14)(H2,11,12,15)/t35?,36?,39-;32?,33?,36-;6-,7-,9-/m000/s1. The quantitative estimate of drug-likeness (QED) is 0.0163. The number of amides is 5. The number of nitrogens with one attached hydrogen (secondary N) is 3. The number of urea groups is 1. The van der Waals surface area contributed by atoms with Crippen LogP contribution in [0, 0.1) is 11.8 Å². The third-order valence-corrected chi connectivity index (χ3v) is 23.9. The second-order valence-corrected chi connectivity index (χ2v) is 32.7. The molecule has 5 amide bonds. The number of nitrogens with zero attached hydrogens (tertiary/aromatic N) is 8. The number of hydrogen-bond acceptors (Lipinski definition) is 12. The first-order valence-corrected chi connectivity index (χ1v) is 41.5. The van der Waals surface area contributed by atoms with E-state index in [0.29, 0.717) is 70.3 Å². The number of carbonyl (C=O) groups excluding carboxylic acids is 2. The predicted molar refractivity (Wildman–Crippen MR) is 452 cm³/mol. The van der Waals surface area contributed by atoms with Crippen molar-refractivity contribution >= 4 is 64.1 Å². The number of aryl methyl sites for hydroxylation is 2. The average Bonchev–Trinajstić information content (AvgIpc) is 1.64. The number of fused-ring (bicyclic) bond motifs is 3. The number of carbonyl (C=O) groups is 5. The number of carboxylic acids is 1. The summed E-state index contributed by atoms with van der Waals surface area (Å²) in [6, 6.07) is 77.2. The van der Waals surface area contributed by atoms with Gasteiger partial charge in [-0.25, -0.2) is 28.8 Å². The van der Waals surface area contributed by atoms with Gasteiger partial charge in [0.05, 0.1) is 46.5 Å². The topological polar surface area (TPSA) is 284 Å². The van der Waals surface area contributed by atoms with E-state index >= 15 is 0 Å². The summed E-state index contributed by atoms with van der Waals surface area (Å²) in [5.74, 6) is -0.121. The summed E-state index contributed by atoms with van der Waals surface area (Å²) in [4.78, 5) is 96.8. The van der Waals surface area contributed by atoms with E-state index in [-0.39, 0.29) is 79.5 Å². The molecule has 14 rings (SSSR count). The van der Waals surface area contributed by atoms with Crippen LogP contribution in [0.1, 0.15) is 130 Å². The molecule has 4 saturated heterocycles. The first-order chi connectivity index (χ1) is 55.8. The van der Waals surface area contributed by atoms with Crippen molar-refractivity contribution in [3.05, 3.63) is 285 Å². The van der Waals surface area contributed by atoms with Gasteiger partial charge in [0.1, 0.15) is 5.60 Å². The number of benzene rings is 8. The Balaban J connectivity index is 0.000000179. The van der Waals surface area contributed by atoms with Crippen molar-refractivity contribution in [2.24, 2.45) is 17.6 Å². The predicted octanol–water partition coefficient (Wildman–Crippen LogP) is 15.1. The lowest BCUT2D eigenvalue weighted by Crippen LogP contribution is -2.59. The number of carboxylic acid groups (broad SMARTS) is 3. The number of aromatic nitrogens is 4. The summed E-state index contributed by atoms with van der Waals surface area (Å²) < 4.78 is 12.8. The Bertz CT molecular complexity index is 4830. The van der Waals surface area contributed by atoms with E-state index < -0.39 is 42.2 Å². The van der Waals surface area contributed by atoms with Crippen molar-refractivity contribution < 1.29 is 44.0 Å². The van der Waals surface area contributed by atoms with Gasteiger partial charge in [-0.05, 0) is 143 Å². The van der Waals surface area contributed by atoms with Crippen molar-refractivity contribution in [1.82, 2.24) is 53.8 Å². The molecule has 4 unspecified atom stereocenters. The van der Waals surface area contributed by atoms with Crippen LogP contribution in [0.25, 0.3) is 22.1 Å². The number of para-hydroxylation sites is 4. The second-order valence-electron chi connectivity index (χ2n) is 31.4. The van der Waals surface area contributed by atoms with Gasteiger partial charge in [0.25, 0.3) is 0 Å². The number of hydrogen-bond donors (Lipinski definition) is 7. The third kappa shape index (κ3) is 21.9. The molecule has 4 fully saturated rings. The molecule has 0 radical (unpaired) electrons. The normalized spacial score (nSPS) is 19.9. The van der Waals surface area contributed by atoms with Crippen LogP contribution in [0.5, 0.6) is 0 Å². The fourth-order valence-corrected chi connectivity index (χ4v) is 19.0. The van der Waals surface area contributed by atoms with Crippen molar-refractivity contribution in [3.63, 3.8) is 0 Å². The summed E-state index contributed by atoms with van der Waals surface area (Å²) in [7, 11) is 0. The lowest BCUT2D eigenvalue weighted by Gasteiger charge is -2.49. The van der Waals surface area contributed by atoms with Crippen LogP contribution in [0.15, 0.2) is 240 Å². The highest BCUT2D eigenvalue weighted by molar-refractivity contribution is 8.00. The van der Waals surface area contributed by atoms with Crippen LogP contribution in [0.4, 0.5) is 19.2 Å². The van der Waals surface area contributed by atoms with Gasteiger partial charge < -0.3 is 41.7 Å². The van der Waals surface area contributed by atoms with Crippen LogP contribution in [0.2, 0.25) is 0 Å². The maximum Gasteiger partial charge on any atom is 0.408 e. The molecule has 9 atom stereocenters. The van der Waals surface area contributed by atoms with E-state index in [2.05, 4.69) is 111 Å². The van der Waals surface area contributed by atoms with Crippen LogP contribution in [0.3, 0.4) is 0 Å². The van der Waals surface area contributed by atoms with Gasteiger partial charge in [0.15, 0.2) is 0 Å². The number of piperidine rings is 2. The summed E-state index contributed by atoms with van der Waals surface area (Å²) >= 11 is 1.87. The van der Waals surface area contributed by atoms with E-state index in [1.807, 2.05) is 187 Å². The Kier molecular flexibility index (Phi) is 29.3. The number of nitrogens with two attached hydrogens (primary N) is 1. The third-order valence-electron chi connectivity index (χ3n) is 22.4. The molecule has 24 heteroatoms. The molecule has 4 aliphatic rings. The van der Waals surface area contributed by atoms with Crippen molar-refractivity contribution in [3.8, 4) is 0 Å². The van der Waals surface area contributed by atoms with Gasteiger partial charge in [-0.1, -0.05) is 213 Å². The number of likely N-dealkylation sites (tertiary alicyclic amines) is 2. The summed E-state index contributed by atoms with van der Waals surface area (Å²) in [6.45, 7) is 9.55. The molecule has 115 heavy (non-hydrogen) atoms. The van der Waals surface area contributed by atoms with Gasteiger partial charge in [-0.15, -0.1) is 0 Å². The SMILES string of the molecule is CC(C)(C)OC(=O)NCCn1c(=O)n(C2CCN(C(=O)O)[C@H](N(Cc3ccccc3)Cc3ccccc3)C2CCCc2ccccc2)c2ccccc21.NCCn1c(=O)n(C2CCN(C(=O)O)[C@H](N(Cc3ccccc3)Cc3ccccc3)C2CCCc2ccccc2)c2ccccc21.O=C(O)CCCC[C@@H]1SC[C@@H]2NC(=O)N[C@@H]21. The number of alkyl carbamates (subject to hydrolysis) is 1. The number of rotatable bonds is 30. The lowest BCUT2D eigenvalue weighted by atomic mass is 9.83. The lowest BCUT2D eigenvalue weighted by molar-refractivity contribution is -0.137. The van der Waals surface area contributed by atoms with Gasteiger partial charge in [0.2, 0.25) is 0 Å². The smallest absolute Gasteiger partial charge is 0.408 e. The summed E-state index contributed by atoms with van der Waals surface area (Å²) in [5.41, 5.74) is 15.3. The monoisotopic (exact) mass is 1580 g/mol. The van der Waals surface area contributed by atoms with Crippen molar-refractivity contribution in [1.29, 1.82) is 0 Å². The van der Waals surface area contributed by atoms with E-state index in [1.165, 1.54) is 11.1 Å². The van der Waals surface area contributed by atoms with Gasteiger partial charge in [-0.2, -0.15) is 11.8 Å². The Hall–Kier alpha value is -10.9. The van der Waals surface area contributed by atoms with E-state index in [9.17, 15) is 43.8 Å². The maximum absolute atomic E-state index is 14.6. The molecule has 23 nitrogen and oxygen atoms in total. The number of ether oxygens (including phenoxy) is 1. The zero-order valence-corrected chi connectivity index (χ0v) is 66.9. The molecule has 6 heterocycles. The molecule has 0 spiro atoms. The van der Waals surface area contributed by atoms with E-state index in [4.69, 9.17) is 15.6 Å². The minimum absolute atomic E-state index is 0.0640. The summed E-state index contributed by atoms with van der Waals surface area (Å²) in [5, 5.41) is 39.1. The molecule has 0 saturated carbocycles. The van der Waals surface area contributed by atoms with Crippen molar-refractivity contribution in [2.75, 3.05) is 31.9 Å². The highest BCUT2D eigenvalue weighted by Crippen LogP contribution is 2.43. The van der Waals surface area contributed by atoms with Crippen LogP contribution in [-0.2, 0) is 61.6 Å². The molecular formula is C91H110N12O11S. The minimum Gasteiger partial charge on any atom is -0.481 e. The van der Waals surface area contributed by atoms with Crippen LogP contribution >= 0.6 is 11.8 Å². The number of aliphatic carboxylic acids is 1. The van der Waals surface area contributed by atoms with E-state index in [1.54, 1.807) is 18.9 Å². The minimum atomic E-state index is -0.962. The largest absolute Gasteiger partial charge is 0.481 e. The number of thioether (sulfide) groups is 1. The molecule has 8 N–H and O–H groups in total. The van der Waals surface area contributed by atoms with Crippen LogP contribution in [-0.4, -0.2) is 151 Å². The fraction of sp³-hybridized carbons (Fsp3) is 0.396. The first kappa shape index (κ1) is 83.5. The molecule has 2 aromatic heterocycles. The Morgan fingerprint density at radius 3 is 1.26 bits per heavy atom.